The molecule has 1 rings (SSSR count). The molecule has 0 amide bonds. The summed E-state index contributed by atoms with van der Waals surface area (Å²) in [6.45, 7) is 4.49. The molecule has 0 saturated carbocycles. The summed E-state index contributed by atoms with van der Waals surface area (Å²) in [5, 5.41) is 0. The molecule has 0 bridgehead atoms. The predicted molar refractivity (Wildman–Crippen MR) is 85.8 cm³/mol. The van der Waals surface area contributed by atoms with E-state index in [9.17, 15) is 8.42 Å². The third kappa shape index (κ3) is 6.54. The highest BCUT2D eigenvalue weighted by Crippen LogP contribution is 2.27. The molecule has 0 radical (unpaired) electrons. The van der Waals surface area contributed by atoms with Crippen LogP contribution < -0.4 is 9.46 Å². The molecular weight excluding hydrogens is 314 g/mol. The molecule has 1 aromatic rings. The van der Waals surface area contributed by atoms with Crippen molar-refractivity contribution in [3.63, 3.8) is 0 Å². The van der Waals surface area contributed by atoms with Crippen LogP contribution in [0.3, 0.4) is 0 Å². The zero-order valence-electron chi connectivity index (χ0n) is 12.6. The van der Waals surface area contributed by atoms with Crippen LogP contribution in [0, 0.1) is 12.8 Å². The Bertz CT molecular complexity index is 548. The van der Waals surface area contributed by atoms with E-state index in [4.69, 9.17) is 21.1 Å². The van der Waals surface area contributed by atoms with Gasteiger partial charge in [0.15, 0.2) is 0 Å². The summed E-state index contributed by atoms with van der Waals surface area (Å²) in [6.07, 6.45) is 0. The number of benzene rings is 1. The summed E-state index contributed by atoms with van der Waals surface area (Å²) in [6, 6.07) is 5.31. The molecule has 5 nitrogen and oxygen atoms in total. The van der Waals surface area contributed by atoms with Gasteiger partial charge < -0.3 is 9.47 Å². The minimum atomic E-state index is -3.46. The lowest BCUT2D eigenvalue weighted by Gasteiger charge is -2.15. The van der Waals surface area contributed by atoms with E-state index in [0.29, 0.717) is 30.5 Å². The van der Waals surface area contributed by atoms with Crippen LogP contribution in [0.15, 0.2) is 18.2 Å². The normalized spacial score (nSPS) is 13.0. The van der Waals surface area contributed by atoms with Crippen LogP contribution in [0.5, 0.6) is 5.75 Å². The number of ether oxygens (including phenoxy) is 2. The van der Waals surface area contributed by atoms with Crippen molar-refractivity contribution in [2.45, 2.75) is 13.8 Å². The van der Waals surface area contributed by atoms with Crippen molar-refractivity contribution >= 4 is 27.3 Å². The molecule has 0 aromatic heterocycles. The highest BCUT2D eigenvalue weighted by atomic mass is 35.5. The smallest absolute Gasteiger partial charge is 0.233 e. The lowest BCUT2D eigenvalue weighted by molar-refractivity contribution is 0.146. The first kappa shape index (κ1) is 18.1. The van der Waals surface area contributed by atoms with Gasteiger partial charge in [-0.2, -0.15) is 0 Å². The van der Waals surface area contributed by atoms with Gasteiger partial charge in [0.2, 0.25) is 10.0 Å². The predicted octanol–water partition coefficient (Wildman–Crippen LogP) is 2.64. The number of anilines is 1. The number of sulfonamides is 1. The fourth-order valence-electron chi connectivity index (χ4n) is 1.70. The van der Waals surface area contributed by atoms with E-state index >= 15 is 0 Å². The molecular formula is C14H22ClNO4S. The summed E-state index contributed by atoms with van der Waals surface area (Å²) in [5.41, 5.74) is 1.41. The number of aryl methyl sites for hydroxylation is 1. The topological polar surface area (TPSA) is 64.6 Å². The van der Waals surface area contributed by atoms with Crippen molar-refractivity contribution in [3.05, 3.63) is 23.8 Å². The Morgan fingerprint density at radius 1 is 1.33 bits per heavy atom. The van der Waals surface area contributed by atoms with E-state index in [2.05, 4.69) is 4.72 Å². The largest absolute Gasteiger partial charge is 0.489 e. The first-order valence-corrected chi connectivity index (χ1v) is 8.85. The number of halogens is 1. The first-order valence-electron chi connectivity index (χ1n) is 6.66. The molecule has 1 unspecified atom stereocenters. The van der Waals surface area contributed by atoms with Crippen molar-refractivity contribution in [2.75, 3.05) is 36.7 Å². The summed E-state index contributed by atoms with van der Waals surface area (Å²) in [4.78, 5) is 0. The molecule has 0 heterocycles. The van der Waals surface area contributed by atoms with Crippen molar-refractivity contribution in [2.24, 2.45) is 5.92 Å². The maximum Gasteiger partial charge on any atom is 0.233 e. The molecule has 0 aliphatic rings. The van der Waals surface area contributed by atoms with Crippen molar-refractivity contribution in [3.8, 4) is 5.75 Å². The van der Waals surface area contributed by atoms with Crippen LogP contribution in [0.2, 0.25) is 0 Å². The fraction of sp³-hybridized carbons (Fsp3) is 0.571. The second kappa shape index (κ2) is 8.46. The maximum absolute atomic E-state index is 12.1. The molecule has 1 N–H and O–H groups in total. The molecule has 120 valence electrons. The van der Waals surface area contributed by atoms with E-state index in [1.807, 2.05) is 13.0 Å². The van der Waals surface area contributed by atoms with Gasteiger partial charge in [-0.05, 0) is 30.5 Å². The Balaban J connectivity index is 2.86. The third-order valence-electron chi connectivity index (χ3n) is 2.71. The molecule has 0 aliphatic heterocycles. The lowest BCUT2D eigenvalue weighted by Crippen LogP contribution is -2.22. The molecule has 1 atom stereocenters. The van der Waals surface area contributed by atoms with E-state index in [1.165, 1.54) is 0 Å². The SMILES string of the molecule is COCCOc1cc(C)ccc1NS(=O)(=O)CC(C)CCl. The molecule has 1 aromatic carbocycles. The van der Waals surface area contributed by atoms with Gasteiger partial charge in [0, 0.05) is 13.0 Å². The van der Waals surface area contributed by atoms with Gasteiger partial charge in [-0.1, -0.05) is 13.0 Å². The van der Waals surface area contributed by atoms with Crippen LogP contribution >= 0.6 is 11.6 Å². The Morgan fingerprint density at radius 2 is 2.05 bits per heavy atom. The van der Waals surface area contributed by atoms with Crippen LogP contribution in [0.1, 0.15) is 12.5 Å². The summed E-state index contributed by atoms with van der Waals surface area (Å²) in [7, 11) is -1.88. The van der Waals surface area contributed by atoms with E-state index < -0.39 is 10.0 Å². The van der Waals surface area contributed by atoms with Gasteiger partial charge in [-0.15, -0.1) is 11.6 Å². The Hall–Kier alpha value is -0.980. The molecule has 0 spiro atoms. The number of alkyl halides is 1. The Morgan fingerprint density at radius 3 is 2.67 bits per heavy atom. The minimum Gasteiger partial charge on any atom is -0.489 e. The Labute approximate surface area is 131 Å². The van der Waals surface area contributed by atoms with Gasteiger partial charge in [-0.25, -0.2) is 8.42 Å². The quantitative estimate of drug-likeness (QED) is 0.556. The average molecular weight is 336 g/mol. The minimum absolute atomic E-state index is 0.0259. The van der Waals surface area contributed by atoms with Crippen molar-refractivity contribution in [1.82, 2.24) is 0 Å². The van der Waals surface area contributed by atoms with E-state index in [0.717, 1.165) is 5.56 Å². The zero-order chi connectivity index (χ0) is 15.9. The van der Waals surface area contributed by atoms with E-state index in [-0.39, 0.29) is 11.7 Å². The number of rotatable bonds is 9. The summed E-state index contributed by atoms with van der Waals surface area (Å²) >= 11 is 5.67. The second-order valence-electron chi connectivity index (χ2n) is 4.98. The van der Waals surface area contributed by atoms with Crippen LogP contribution in [-0.4, -0.2) is 40.4 Å². The molecule has 0 aliphatic carbocycles. The average Bonchev–Trinajstić information content (AvgIpc) is 2.41. The highest BCUT2D eigenvalue weighted by Gasteiger charge is 2.17. The third-order valence-corrected chi connectivity index (χ3v) is 4.78. The van der Waals surface area contributed by atoms with Crippen LogP contribution in [0.25, 0.3) is 0 Å². The van der Waals surface area contributed by atoms with Gasteiger partial charge in [0.1, 0.15) is 12.4 Å². The molecule has 0 fully saturated rings. The van der Waals surface area contributed by atoms with Crippen LogP contribution in [-0.2, 0) is 14.8 Å². The number of methoxy groups -OCH3 is 1. The molecule has 21 heavy (non-hydrogen) atoms. The highest BCUT2D eigenvalue weighted by molar-refractivity contribution is 7.92. The fourth-order valence-corrected chi connectivity index (χ4v) is 3.39. The van der Waals surface area contributed by atoms with Gasteiger partial charge >= 0.3 is 0 Å². The van der Waals surface area contributed by atoms with Gasteiger partial charge in [-0.3, -0.25) is 4.72 Å². The van der Waals surface area contributed by atoms with Crippen molar-refractivity contribution < 1.29 is 17.9 Å². The second-order valence-corrected chi connectivity index (χ2v) is 7.06. The summed E-state index contributed by atoms with van der Waals surface area (Å²) in [5.74, 6) is 0.648. The monoisotopic (exact) mass is 335 g/mol. The van der Waals surface area contributed by atoms with Crippen LogP contribution in [0.4, 0.5) is 5.69 Å². The maximum atomic E-state index is 12.1. The number of hydrogen-bond acceptors (Lipinski definition) is 4. The first-order chi connectivity index (χ1) is 9.88. The standard InChI is InChI=1S/C14H22ClNO4S/c1-11-4-5-13(14(8-11)20-7-6-19-3)16-21(17,18)10-12(2)9-15/h4-5,8,12,16H,6-7,9-10H2,1-3H3. The Kier molecular flexibility index (Phi) is 7.28. The molecule has 0 saturated heterocycles. The van der Waals surface area contributed by atoms with E-state index in [1.54, 1.807) is 26.2 Å². The zero-order valence-corrected chi connectivity index (χ0v) is 14.1. The lowest BCUT2D eigenvalue weighted by atomic mass is 10.2. The number of nitrogens with one attached hydrogen (secondary N) is 1. The molecule has 7 heteroatoms. The van der Waals surface area contributed by atoms with Gasteiger partial charge in [0.25, 0.3) is 0 Å². The number of hydrogen-bond donors (Lipinski definition) is 1. The van der Waals surface area contributed by atoms with Crippen molar-refractivity contribution in [1.29, 1.82) is 0 Å². The summed E-state index contributed by atoms with van der Waals surface area (Å²) < 4.78 is 37.2. The van der Waals surface area contributed by atoms with Gasteiger partial charge in [0.05, 0.1) is 18.0 Å².